The standard InChI is InChI=1S/C22H24BN3O5S/c1-13-6-5-7-18(16-10-14(2)25-15(3)11-16)22(13,4)32(30,31)26-9-8-17-19(23(28)29)12-24-21(27)20(17)26/h5-12,18,28-29H,1-4H3,(H,24,27). The van der Waals surface area contributed by atoms with Gasteiger partial charge in [-0.1, -0.05) is 18.2 Å². The second-order valence-electron chi connectivity index (χ2n) is 8.33. The molecule has 3 N–H and O–H groups in total. The lowest BCUT2D eigenvalue weighted by Gasteiger charge is -2.39. The van der Waals surface area contributed by atoms with E-state index in [1.807, 2.05) is 38.1 Å². The van der Waals surface area contributed by atoms with E-state index in [2.05, 4.69) is 9.97 Å². The Bertz CT molecular complexity index is 1430. The number of pyridine rings is 2. The van der Waals surface area contributed by atoms with Crippen molar-refractivity contribution in [2.24, 2.45) is 0 Å². The lowest BCUT2D eigenvalue weighted by atomic mass is 9.79. The third-order valence-corrected chi connectivity index (χ3v) is 8.77. The molecule has 0 aliphatic heterocycles. The summed E-state index contributed by atoms with van der Waals surface area (Å²) in [5.41, 5.74) is 2.22. The number of nitrogens with one attached hydrogen (secondary N) is 1. The molecule has 2 unspecified atom stereocenters. The van der Waals surface area contributed by atoms with E-state index < -0.39 is 33.4 Å². The second-order valence-corrected chi connectivity index (χ2v) is 10.5. The number of aromatic amines is 1. The van der Waals surface area contributed by atoms with Gasteiger partial charge in [0.25, 0.3) is 5.56 Å². The summed E-state index contributed by atoms with van der Waals surface area (Å²) < 4.78 is 27.9. The van der Waals surface area contributed by atoms with Crippen molar-refractivity contribution in [2.75, 3.05) is 0 Å². The van der Waals surface area contributed by atoms with Crippen LogP contribution in [0.25, 0.3) is 10.9 Å². The van der Waals surface area contributed by atoms with E-state index in [1.54, 1.807) is 19.9 Å². The highest BCUT2D eigenvalue weighted by Crippen LogP contribution is 2.45. The maximum Gasteiger partial charge on any atom is 0.490 e. The lowest BCUT2D eigenvalue weighted by Crippen LogP contribution is -2.46. The van der Waals surface area contributed by atoms with E-state index in [1.165, 1.54) is 18.5 Å². The van der Waals surface area contributed by atoms with Gasteiger partial charge >= 0.3 is 7.12 Å². The summed E-state index contributed by atoms with van der Waals surface area (Å²) in [7, 11) is -6.05. The van der Waals surface area contributed by atoms with Gasteiger partial charge in [-0.3, -0.25) is 9.78 Å². The molecule has 3 heterocycles. The highest BCUT2D eigenvalue weighted by molar-refractivity contribution is 7.91. The molecule has 0 aromatic carbocycles. The first-order valence-electron chi connectivity index (χ1n) is 10.1. The molecule has 0 bridgehead atoms. The molecular weight excluding hydrogens is 429 g/mol. The molecule has 0 saturated heterocycles. The zero-order chi connectivity index (χ0) is 23.4. The number of aryl methyl sites for hydroxylation is 2. The van der Waals surface area contributed by atoms with Crippen molar-refractivity contribution >= 4 is 33.5 Å². The summed E-state index contributed by atoms with van der Waals surface area (Å²) in [5, 5.41) is 19.5. The smallest absolute Gasteiger partial charge is 0.423 e. The summed E-state index contributed by atoms with van der Waals surface area (Å²) in [4.78, 5) is 19.5. The number of hydrogen-bond acceptors (Lipinski definition) is 6. The van der Waals surface area contributed by atoms with Crippen molar-refractivity contribution in [1.82, 2.24) is 13.9 Å². The van der Waals surface area contributed by atoms with E-state index in [9.17, 15) is 23.3 Å². The van der Waals surface area contributed by atoms with Crippen LogP contribution < -0.4 is 11.0 Å². The molecule has 10 heteroatoms. The quantitative estimate of drug-likeness (QED) is 0.511. The number of H-pyrrole nitrogens is 1. The molecule has 0 amide bonds. The van der Waals surface area contributed by atoms with Crippen LogP contribution in [-0.4, -0.2) is 44.3 Å². The number of allylic oxidation sites excluding steroid dienone is 3. The van der Waals surface area contributed by atoms with Gasteiger partial charge in [0.2, 0.25) is 10.0 Å². The zero-order valence-electron chi connectivity index (χ0n) is 18.2. The third kappa shape index (κ3) is 3.18. The van der Waals surface area contributed by atoms with Crippen molar-refractivity contribution in [3.8, 4) is 0 Å². The SMILES string of the molecule is CC1=CC=CC(c2cc(C)nc(C)c2)C1(C)S(=O)(=O)n1ccc2c(B(O)O)c[nH]c(=O)c21. The first-order chi connectivity index (χ1) is 15.0. The number of hydrogen-bond donors (Lipinski definition) is 3. The monoisotopic (exact) mass is 453 g/mol. The van der Waals surface area contributed by atoms with Crippen LogP contribution in [0.3, 0.4) is 0 Å². The minimum Gasteiger partial charge on any atom is -0.423 e. The summed E-state index contributed by atoms with van der Waals surface area (Å²) in [5.74, 6) is -0.527. The Morgan fingerprint density at radius 1 is 1.19 bits per heavy atom. The van der Waals surface area contributed by atoms with Gasteiger partial charge in [0.15, 0.2) is 0 Å². The van der Waals surface area contributed by atoms with Crippen molar-refractivity contribution in [1.29, 1.82) is 0 Å². The normalized spacial score (nSPS) is 21.1. The average Bonchev–Trinajstić information content (AvgIpc) is 3.16. The summed E-state index contributed by atoms with van der Waals surface area (Å²) in [6, 6.07) is 5.15. The highest BCUT2D eigenvalue weighted by atomic mass is 32.2. The Labute approximate surface area is 186 Å². The van der Waals surface area contributed by atoms with Crippen LogP contribution in [0.15, 0.2) is 59.2 Å². The molecule has 1 aliphatic rings. The molecule has 4 rings (SSSR count). The maximum absolute atomic E-state index is 14.2. The molecule has 166 valence electrons. The van der Waals surface area contributed by atoms with E-state index in [-0.39, 0.29) is 16.4 Å². The summed E-state index contributed by atoms with van der Waals surface area (Å²) >= 11 is 0. The van der Waals surface area contributed by atoms with Crippen molar-refractivity contribution in [2.45, 2.75) is 38.4 Å². The first-order valence-corrected chi connectivity index (χ1v) is 11.6. The second kappa shape index (κ2) is 7.58. The lowest BCUT2D eigenvalue weighted by molar-refractivity contribution is 0.426. The fraction of sp³-hybridized carbons (Fsp3) is 0.273. The number of aromatic nitrogens is 3. The van der Waals surface area contributed by atoms with Crippen molar-refractivity contribution in [3.63, 3.8) is 0 Å². The molecule has 8 nitrogen and oxygen atoms in total. The molecule has 3 aromatic heterocycles. The Hall–Kier alpha value is -2.95. The van der Waals surface area contributed by atoms with Crippen molar-refractivity contribution in [3.05, 3.63) is 81.7 Å². The number of rotatable bonds is 4. The van der Waals surface area contributed by atoms with Crippen LogP contribution in [-0.2, 0) is 10.0 Å². The van der Waals surface area contributed by atoms with Gasteiger partial charge in [-0.2, -0.15) is 0 Å². The largest absolute Gasteiger partial charge is 0.490 e. The van der Waals surface area contributed by atoms with E-state index in [0.717, 1.165) is 20.9 Å². The minimum absolute atomic E-state index is 0.0199. The van der Waals surface area contributed by atoms with Gasteiger partial charge in [0, 0.05) is 40.5 Å². The molecule has 1 aliphatic carbocycles. The maximum atomic E-state index is 14.2. The molecule has 0 fully saturated rings. The van der Waals surface area contributed by atoms with Crippen LogP contribution in [0, 0.1) is 13.8 Å². The fourth-order valence-electron chi connectivity index (χ4n) is 4.52. The molecule has 2 atom stereocenters. The Balaban J connectivity index is 2.00. The molecule has 3 aromatic rings. The van der Waals surface area contributed by atoms with Gasteiger partial charge in [-0.15, -0.1) is 0 Å². The van der Waals surface area contributed by atoms with Crippen LogP contribution in [0.2, 0.25) is 0 Å². The van der Waals surface area contributed by atoms with E-state index >= 15 is 0 Å². The van der Waals surface area contributed by atoms with Crippen molar-refractivity contribution < 1.29 is 18.5 Å². The first kappa shape index (κ1) is 22.3. The van der Waals surface area contributed by atoms with Gasteiger partial charge in [0.05, 0.1) is 0 Å². The molecule has 0 saturated carbocycles. The predicted molar refractivity (Wildman–Crippen MR) is 124 cm³/mol. The number of nitrogens with zero attached hydrogens (tertiary/aromatic N) is 2. The Kier molecular flexibility index (Phi) is 5.27. The van der Waals surface area contributed by atoms with Crippen LogP contribution >= 0.6 is 0 Å². The number of fused-ring (bicyclic) bond motifs is 1. The summed E-state index contributed by atoms with van der Waals surface area (Å²) in [6.45, 7) is 7.13. The zero-order valence-corrected chi connectivity index (χ0v) is 19.0. The third-order valence-electron chi connectivity index (χ3n) is 6.30. The fourth-order valence-corrected chi connectivity index (χ4v) is 6.58. The highest BCUT2D eigenvalue weighted by Gasteiger charge is 2.50. The molecule has 0 radical (unpaired) electrons. The molecule has 0 spiro atoms. The van der Waals surface area contributed by atoms with E-state index in [4.69, 9.17) is 0 Å². The van der Waals surface area contributed by atoms with Gasteiger partial charge in [0.1, 0.15) is 10.3 Å². The van der Waals surface area contributed by atoms with Crippen LogP contribution in [0.5, 0.6) is 0 Å². The van der Waals surface area contributed by atoms with Gasteiger partial charge in [-0.05, 0) is 57.0 Å². The Morgan fingerprint density at radius 3 is 2.47 bits per heavy atom. The summed E-state index contributed by atoms with van der Waals surface area (Å²) in [6.07, 6.45) is 7.90. The molecular formula is C22H24BN3O5S. The van der Waals surface area contributed by atoms with Gasteiger partial charge < -0.3 is 15.0 Å². The predicted octanol–water partition coefficient (Wildman–Crippen LogP) is 1.26. The van der Waals surface area contributed by atoms with Crippen LogP contribution in [0.4, 0.5) is 0 Å². The minimum atomic E-state index is -4.19. The molecule has 32 heavy (non-hydrogen) atoms. The Morgan fingerprint density at radius 2 is 1.84 bits per heavy atom. The van der Waals surface area contributed by atoms with E-state index in [0.29, 0.717) is 5.57 Å². The van der Waals surface area contributed by atoms with Crippen LogP contribution in [0.1, 0.15) is 36.7 Å². The van der Waals surface area contributed by atoms with Gasteiger partial charge in [-0.25, -0.2) is 12.4 Å². The topological polar surface area (TPSA) is 125 Å². The average molecular weight is 453 g/mol.